The van der Waals surface area contributed by atoms with Crippen molar-refractivity contribution in [2.45, 2.75) is 19.8 Å². The summed E-state index contributed by atoms with van der Waals surface area (Å²) in [6, 6.07) is 0. The minimum Gasteiger partial charge on any atom is -0.0591 e. The summed E-state index contributed by atoms with van der Waals surface area (Å²) in [7, 11) is 0. The van der Waals surface area contributed by atoms with Crippen LogP contribution in [0.25, 0.3) is 0 Å². The van der Waals surface area contributed by atoms with Crippen LogP contribution in [0.15, 0.2) is 0 Å². The van der Waals surface area contributed by atoms with Crippen LogP contribution in [0, 0.1) is 5.92 Å². The number of rotatable bonds is 0. The quantitative estimate of drug-likeness (QED) is 0.392. The van der Waals surface area contributed by atoms with Crippen LogP contribution in [-0.2, 0) is 0 Å². The fourth-order valence-electron chi connectivity index (χ4n) is 0.125. The van der Waals surface area contributed by atoms with Crippen molar-refractivity contribution in [2.24, 2.45) is 0 Å². The molecule has 0 aromatic carbocycles. The topological polar surface area (TPSA) is 0 Å². The van der Waals surface area contributed by atoms with Crippen LogP contribution in [-0.4, -0.2) is 0 Å². The maximum atomic E-state index is 2.19. The first-order valence-corrected chi connectivity index (χ1v) is 1.71. The van der Waals surface area contributed by atoms with Gasteiger partial charge in [-0.05, 0) is 18.8 Å². The van der Waals surface area contributed by atoms with Gasteiger partial charge < -0.3 is 0 Å². The second-order valence-corrected chi connectivity index (χ2v) is 1.46. The highest BCUT2D eigenvalue weighted by molar-refractivity contribution is 4.99. The molecule has 0 aliphatic heterocycles. The summed E-state index contributed by atoms with van der Waals surface area (Å²) in [5.74, 6) is 1.67. The highest BCUT2D eigenvalue weighted by atomic mass is 14.2. The lowest BCUT2D eigenvalue weighted by Crippen LogP contribution is -1.37. The minimum atomic E-state index is 1.40. The molecule has 0 aromatic rings. The van der Waals surface area contributed by atoms with Crippen molar-refractivity contribution in [3.05, 3.63) is 5.92 Å². The Labute approximate surface area is 26.8 Å². The SMILES string of the molecule is C[C]1CC1. The van der Waals surface area contributed by atoms with Gasteiger partial charge in [0.1, 0.15) is 0 Å². The Morgan fingerprint density at radius 3 is 1.75 bits per heavy atom. The van der Waals surface area contributed by atoms with E-state index < -0.39 is 0 Å². The largest absolute Gasteiger partial charge is 0.0591 e. The van der Waals surface area contributed by atoms with E-state index in [1.165, 1.54) is 12.8 Å². The van der Waals surface area contributed by atoms with Crippen molar-refractivity contribution in [2.75, 3.05) is 0 Å². The molecule has 0 unspecified atom stereocenters. The first-order chi connectivity index (χ1) is 1.89. The molecule has 0 spiro atoms. The Bertz CT molecular complexity index is 19.2. The zero-order valence-electron chi connectivity index (χ0n) is 2.91. The molecule has 1 aliphatic carbocycles. The molecule has 23 valence electrons. The van der Waals surface area contributed by atoms with Gasteiger partial charge >= 0.3 is 0 Å². The van der Waals surface area contributed by atoms with Crippen LogP contribution in [0.4, 0.5) is 0 Å². The molecular formula is C4H7. The summed E-state index contributed by atoms with van der Waals surface area (Å²) in [5.41, 5.74) is 0. The lowest BCUT2D eigenvalue weighted by molar-refractivity contribution is 1.39. The molecule has 4 heavy (non-hydrogen) atoms. The van der Waals surface area contributed by atoms with Gasteiger partial charge in [-0.1, -0.05) is 6.92 Å². The van der Waals surface area contributed by atoms with Gasteiger partial charge in [0.2, 0.25) is 0 Å². The Morgan fingerprint density at radius 2 is 1.75 bits per heavy atom. The van der Waals surface area contributed by atoms with Gasteiger partial charge in [0.25, 0.3) is 0 Å². The normalized spacial score (nSPS) is 26.2. The molecule has 1 radical (unpaired) electrons. The molecule has 0 aromatic heterocycles. The highest BCUT2D eigenvalue weighted by Crippen LogP contribution is 2.29. The summed E-state index contributed by atoms with van der Waals surface area (Å²) < 4.78 is 0. The molecule has 0 saturated heterocycles. The predicted molar refractivity (Wildman–Crippen MR) is 18.2 cm³/mol. The molecule has 1 fully saturated rings. The van der Waals surface area contributed by atoms with E-state index in [4.69, 9.17) is 0 Å². The van der Waals surface area contributed by atoms with Crippen LogP contribution in [0.3, 0.4) is 0 Å². The Hall–Kier alpha value is 0. The van der Waals surface area contributed by atoms with Crippen molar-refractivity contribution in [1.29, 1.82) is 0 Å². The standard InChI is InChI=1S/C4H7/c1-4-2-3-4/h2-3H2,1H3. The van der Waals surface area contributed by atoms with Gasteiger partial charge in [-0.15, -0.1) is 0 Å². The Morgan fingerprint density at radius 1 is 1.50 bits per heavy atom. The fraction of sp³-hybridized carbons (Fsp3) is 0.750. The fourth-order valence-corrected chi connectivity index (χ4v) is 0.125. The van der Waals surface area contributed by atoms with Gasteiger partial charge in [0.15, 0.2) is 0 Å². The molecule has 1 rings (SSSR count). The van der Waals surface area contributed by atoms with Crippen molar-refractivity contribution in [3.8, 4) is 0 Å². The summed E-state index contributed by atoms with van der Waals surface area (Å²) in [5, 5.41) is 0. The van der Waals surface area contributed by atoms with E-state index in [-0.39, 0.29) is 0 Å². The van der Waals surface area contributed by atoms with Gasteiger partial charge in [-0.2, -0.15) is 0 Å². The molecule has 0 heterocycles. The number of hydrogen-bond donors (Lipinski definition) is 0. The van der Waals surface area contributed by atoms with Crippen molar-refractivity contribution < 1.29 is 0 Å². The second-order valence-electron chi connectivity index (χ2n) is 1.46. The van der Waals surface area contributed by atoms with Crippen molar-refractivity contribution >= 4 is 0 Å². The van der Waals surface area contributed by atoms with Crippen molar-refractivity contribution in [1.82, 2.24) is 0 Å². The van der Waals surface area contributed by atoms with Gasteiger partial charge in [-0.3, -0.25) is 0 Å². The maximum Gasteiger partial charge on any atom is -0.0272 e. The summed E-state index contributed by atoms with van der Waals surface area (Å²) >= 11 is 0. The summed E-state index contributed by atoms with van der Waals surface area (Å²) in [6.07, 6.45) is 2.81. The smallest absolute Gasteiger partial charge is 0.0272 e. The predicted octanol–water partition coefficient (Wildman–Crippen LogP) is 1.37. The van der Waals surface area contributed by atoms with E-state index in [0.717, 1.165) is 0 Å². The Balaban J connectivity index is 2.17. The van der Waals surface area contributed by atoms with Gasteiger partial charge in [-0.25, -0.2) is 0 Å². The zero-order chi connectivity index (χ0) is 2.99. The van der Waals surface area contributed by atoms with E-state index >= 15 is 0 Å². The van der Waals surface area contributed by atoms with Crippen molar-refractivity contribution in [3.63, 3.8) is 0 Å². The van der Waals surface area contributed by atoms with E-state index in [2.05, 4.69) is 6.92 Å². The first kappa shape index (κ1) is 2.25. The average molecular weight is 55.1 g/mol. The average Bonchev–Trinajstić information content (AvgIpc) is 1.75. The van der Waals surface area contributed by atoms with Crippen LogP contribution in [0.2, 0.25) is 0 Å². The third-order valence-corrected chi connectivity index (χ3v) is 0.750. The third-order valence-electron chi connectivity index (χ3n) is 0.750. The molecule has 1 saturated carbocycles. The zero-order valence-corrected chi connectivity index (χ0v) is 2.91. The molecule has 0 atom stereocenters. The highest BCUT2D eigenvalue weighted by Gasteiger charge is 2.13. The van der Waals surface area contributed by atoms with E-state index in [9.17, 15) is 0 Å². The van der Waals surface area contributed by atoms with Gasteiger partial charge in [0, 0.05) is 0 Å². The van der Waals surface area contributed by atoms with E-state index in [1.54, 1.807) is 5.92 Å². The monoisotopic (exact) mass is 55.1 g/mol. The third kappa shape index (κ3) is 0.222. The molecule has 0 heteroatoms. The second kappa shape index (κ2) is 0.480. The number of hydrogen-bond acceptors (Lipinski definition) is 0. The minimum absolute atomic E-state index is 1.40. The maximum absolute atomic E-state index is 2.19. The van der Waals surface area contributed by atoms with E-state index in [0.29, 0.717) is 0 Å². The van der Waals surface area contributed by atoms with Crippen LogP contribution in [0.5, 0.6) is 0 Å². The summed E-state index contributed by atoms with van der Waals surface area (Å²) in [4.78, 5) is 0. The lowest BCUT2D eigenvalue weighted by Gasteiger charge is -1.52. The molecule has 0 bridgehead atoms. The van der Waals surface area contributed by atoms with Crippen LogP contribution in [0.1, 0.15) is 19.8 Å². The molecule has 0 amide bonds. The molecule has 0 nitrogen and oxygen atoms in total. The lowest BCUT2D eigenvalue weighted by atomic mass is 10.5. The first-order valence-electron chi connectivity index (χ1n) is 1.71. The van der Waals surface area contributed by atoms with E-state index in [1.807, 2.05) is 0 Å². The molecular weight excluding hydrogens is 48.0 g/mol. The summed E-state index contributed by atoms with van der Waals surface area (Å²) in [6.45, 7) is 2.19. The van der Waals surface area contributed by atoms with Gasteiger partial charge in [0.05, 0.1) is 0 Å². The van der Waals surface area contributed by atoms with Crippen LogP contribution >= 0.6 is 0 Å². The molecule has 0 N–H and O–H groups in total. The van der Waals surface area contributed by atoms with Crippen LogP contribution < -0.4 is 0 Å². The Kier molecular flexibility index (Phi) is 0.270. The molecule has 1 aliphatic rings.